The molecule has 0 spiro atoms. The number of nitrogens with one attached hydrogen (secondary N) is 1. The second-order valence-corrected chi connectivity index (χ2v) is 6.71. The molecule has 8 nitrogen and oxygen atoms in total. The molecular formula is C18H18BN5O3. The van der Waals surface area contributed by atoms with Gasteiger partial charge in [-0.05, 0) is 43.4 Å². The molecule has 27 heavy (non-hydrogen) atoms. The highest BCUT2D eigenvalue weighted by Gasteiger charge is 2.30. The van der Waals surface area contributed by atoms with Crippen LogP contribution in [0.2, 0.25) is 0 Å². The molecule has 2 aliphatic rings. The average molecular weight is 363 g/mol. The fourth-order valence-corrected chi connectivity index (χ4v) is 3.60. The average Bonchev–Trinajstić information content (AvgIpc) is 3.28. The Hall–Kier alpha value is -3.25. The molecule has 0 radical (unpaired) electrons. The van der Waals surface area contributed by atoms with Crippen molar-refractivity contribution in [2.75, 3.05) is 5.32 Å². The largest absolute Gasteiger partial charge is 0.552 e. The number of amides is 1. The second-order valence-electron chi connectivity index (χ2n) is 6.71. The molecule has 0 unspecified atom stereocenters. The number of hydrogen-bond donors (Lipinski definition) is 3. The van der Waals surface area contributed by atoms with Crippen molar-refractivity contribution >= 4 is 30.6 Å². The molecule has 0 saturated heterocycles. The highest BCUT2D eigenvalue weighted by Crippen LogP contribution is 2.36. The first-order valence-corrected chi connectivity index (χ1v) is 8.77. The van der Waals surface area contributed by atoms with Crippen LogP contribution in [0, 0.1) is 17.2 Å². The molecule has 1 aliphatic heterocycles. The molecule has 1 fully saturated rings. The highest BCUT2D eigenvalue weighted by molar-refractivity contribution is 6.51. The lowest BCUT2D eigenvalue weighted by Gasteiger charge is -2.16. The van der Waals surface area contributed by atoms with Crippen LogP contribution in [-0.4, -0.2) is 27.8 Å². The van der Waals surface area contributed by atoms with E-state index in [0.29, 0.717) is 17.3 Å². The molecule has 9 heteroatoms. The lowest BCUT2D eigenvalue weighted by atomic mass is 9.86. The number of carbonyl (C=O) groups is 1. The third-order valence-electron chi connectivity index (χ3n) is 4.94. The number of aromatic nitrogens is 2. The van der Waals surface area contributed by atoms with Crippen LogP contribution in [0.4, 0.5) is 11.5 Å². The number of anilines is 2. The number of carbonyl (C=O) groups excluding carboxylic acids is 1. The molecule has 1 aromatic carbocycles. The summed E-state index contributed by atoms with van der Waals surface area (Å²) < 4.78 is 6.99. The van der Waals surface area contributed by atoms with Crippen molar-refractivity contribution in [1.29, 1.82) is 5.26 Å². The Bertz CT molecular complexity index is 964. The van der Waals surface area contributed by atoms with Crippen LogP contribution in [-0.2, 0) is 0 Å². The van der Waals surface area contributed by atoms with E-state index in [1.54, 1.807) is 29.1 Å². The molecule has 4 N–H and O–H groups in total. The molecule has 2 aromatic rings. The molecule has 1 amide bonds. The van der Waals surface area contributed by atoms with Crippen LogP contribution < -0.4 is 15.7 Å². The number of nitrogens with two attached hydrogens (primary N) is 1. The fourth-order valence-electron chi connectivity index (χ4n) is 3.60. The van der Waals surface area contributed by atoms with E-state index in [1.807, 2.05) is 6.07 Å². The summed E-state index contributed by atoms with van der Waals surface area (Å²) in [5.41, 5.74) is 7.29. The van der Waals surface area contributed by atoms with Crippen molar-refractivity contribution in [1.82, 2.24) is 9.78 Å². The Kier molecular flexibility index (Phi) is 4.34. The van der Waals surface area contributed by atoms with Gasteiger partial charge in [0, 0.05) is 17.4 Å². The van der Waals surface area contributed by atoms with Gasteiger partial charge in [-0.1, -0.05) is 6.08 Å². The Morgan fingerprint density at radius 1 is 1.48 bits per heavy atom. The Labute approximate surface area is 156 Å². The van der Waals surface area contributed by atoms with E-state index in [9.17, 15) is 15.1 Å². The van der Waals surface area contributed by atoms with Gasteiger partial charge in [0.15, 0.2) is 5.82 Å². The molecule has 0 bridgehead atoms. The Morgan fingerprint density at radius 3 is 3.11 bits per heavy atom. The number of nitrogens with zero attached hydrogens (tertiary/aromatic N) is 3. The predicted octanol–water partition coefficient (Wildman–Crippen LogP) is 2.02. The topological polar surface area (TPSA) is 126 Å². The van der Waals surface area contributed by atoms with E-state index >= 15 is 0 Å². The zero-order valence-corrected chi connectivity index (χ0v) is 14.5. The molecule has 1 aromatic heterocycles. The summed E-state index contributed by atoms with van der Waals surface area (Å²) in [5.74, 6) is 1.76. The number of benzene rings is 1. The van der Waals surface area contributed by atoms with Gasteiger partial charge in [-0.15, -0.1) is 0 Å². The van der Waals surface area contributed by atoms with Crippen LogP contribution >= 0.6 is 0 Å². The Balaban J connectivity index is 1.64. The van der Waals surface area contributed by atoms with Crippen molar-refractivity contribution < 1.29 is 14.5 Å². The lowest BCUT2D eigenvalue weighted by Crippen LogP contribution is -2.21. The first-order chi connectivity index (χ1) is 13.0. The summed E-state index contributed by atoms with van der Waals surface area (Å²) in [6, 6.07) is 7.59. The number of fused-ring (bicyclic) bond motifs is 1. The maximum absolute atomic E-state index is 11.9. The fraction of sp³-hybridized carbons (Fsp3) is 0.278. The van der Waals surface area contributed by atoms with Gasteiger partial charge < -0.3 is 20.7 Å². The van der Waals surface area contributed by atoms with E-state index in [0.717, 1.165) is 24.8 Å². The maximum atomic E-state index is 11.9. The zero-order chi connectivity index (χ0) is 19.0. The smallest absolute Gasteiger partial charge is 0.532 e. The summed E-state index contributed by atoms with van der Waals surface area (Å²) in [6.07, 6.45) is 6.01. The number of rotatable bonds is 4. The maximum Gasteiger partial charge on any atom is 0.552 e. The number of nitriles is 1. The monoisotopic (exact) mass is 363 g/mol. The second kappa shape index (κ2) is 6.81. The van der Waals surface area contributed by atoms with Gasteiger partial charge in [-0.3, -0.25) is 9.48 Å². The van der Waals surface area contributed by atoms with E-state index < -0.39 is 13.0 Å². The minimum Gasteiger partial charge on any atom is -0.532 e. The standard InChI is InChI=1S/C18H18BN5O3/c20-9-12-2-1-3-15(12)24-10-14(17(21)25)18(23-24)22-13-4-5-16-11(8-13)6-7-19(26)27-16/h4-8,10,12,15,26H,1-3H2,(H2,21,25)(H,22,23)/t12-,15+/m0/s1. The SMILES string of the molecule is N#C[C@@H]1CCC[C@H]1n1cc(C(N)=O)c(Nc2ccc3c(c2)C=CB(O)O3)n1. The van der Waals surface area contributed by atoms with Crippen LogP contribution in [0.15, 0.2) is 30.4 Å². The first kappa shape index (κ1) is 17.2. The predicted molar refractivity (Wildman–Crippen MR) is 100 cm³/mol. The summed E-state index contributed by atoms with van der Waals surface area (Å²) in [7, 11) is -0.951. The van der Waals surface area contributed by atoms with Crippen LogP contribution in [0.3, 0.4) is 0 Å². The summed E-state index contributed by atoms with van der Waals surface area (Å²) >= 11 is 0. The zero-order valence-electron chi connectivity index (χ0n) is 14.5. The minimum absolute atomic E-state index is 0.0509. The molecular weight excluding hydrogens is 345 g/mol. The molecule has 4 rings (SSSR count). The van der Waals surface area contributed by atoms with Gasteiger partial charge in [0.05, 0.1) is 18.0 Å². The number of hydrogen-bond acceptors (Lipinski definition) is 6. The quantitative estimate of drug-likeness (QED) is 0.714. The van der Waals surface area contributed by atoms with Gasteiger partial charge in [-0.25, -0.2) is 0 Å². The van der Waals surface area contributed by atoms with Gasteiger partial charge in [0.25, 0.3) is 5.91 Å². The van der Waals surface area contributed by atoms with E-state index in [1.165, 1.54) is 5.98 Å². The van der Waals surface area contributed by atoms with E-state index in [2.05, 4.69) is 16.5 Å². The molecule has 1 aliphatic carbocycles. The van der Waals surface area contributed by atoms with E-state index in [4.69, 9.17) is 10.4 Å². The third-order valence-corrected chi connectivity index (χ3v) is 4.94. The van der Waals surface area contributed by atoms with Gasteiger partial charge in [0.1, 0.15) is 11.3 Å². The van der Waals surface area contributed by atoms with Crippen LogP contribution in [0.5, 0.6) is 5.75 Å². The van der Waals surface area contributed by atoms with Crippen molar-refractivity contribution in [3.05, 3.63) is 41.5 Å². The normalized spacial score (nSPS) is 20.7. The third kappa shape index (κ3) is 3.27. The van der Waals surface area contributed by atoms with Crippen LogP contribution in [0.25, 0.3) is 6.08 Å². The summed E-state index contributed by atoms with van der Waals surface area (Å²) in [5, 5.41) is 26.4. The van der Waals surface area contributed by atoms with E-state index in [-0.39, 0.29) is 17.5 Å². The molecule has 1 saturated carbocycles. The first-order valence-electron chi connectivity index (χ1n) is 8.77. The Morgan fingerprint density at radius 2 is 2.33 bits per heavy atom. The van der Waals surface area contributed by atoms with Gasteiger partial charge >= 0.3 is 7.12 Å². The van der Waals surface area contributed by atoms with Gasteiger partial charge in [0.2, 0.25) is 0 Å². The van der Waals surface area contributed by atoms with Crippen molar-refractivity contribution in [3.8, 4) is 11.8 Å². The summed E-state index contributed by atoms with van der Waals surface area (Å²) in [4.78, 5) is 11.9. The number of primary amides is 1. The van der Waals surface area contributed by atoms with Crippen molar-refractivity contribution in [3.63, 3.8) is 0 Å². The summed E-state index contributed by atoms with van der Waals surface area (Å²) in [6.45, 7) is 0. The molecule has 136 valence electrons. The molecule has 2 atom stereocenters. The highest BCUT2D eigenvalue weighted by atomic mass is 16.5. The van der Waals surface area contributed by atoms with Gasteiger partial charge in [-0.2, -0.15) is 10.4 Å². The van der Waals surface area contributed by atoms with Crippen molar-refractivity contribution in [2.24, 2.45) is 11.7 Å². The van der Waals surface area contributed by atoms with Crippen molar-refractivity contribution in [2.45, 2.75) is 25.3 Å². The lowest BCUT2D eigenvalue weighted by molar-refractivity contribution is 0.100. The minimum atomic E-state index is -0.951. The molecule has 2 heterocycles. The van der Waals surface area contributed by atoms with Crippen LogP contribution in [0.1, 0.15) is 41.2 Å².